The highest BCUT2D eigenvalue weighted by Crippen LogP contribution is 2.35. The topological polar surface area (TPSA) is 376 Å². The van der Waals surface area contributed by atoms with Gasteiger partial charge >= 0.3 is 12.5 Å². The predicted molar refractivity (Wildman–Crippen MR) is 563 cm³/mol. The Labute approximate surface area is 863 Å². The molecule has 0 aliphatic carbocycles. The first-order valence-electron chi connectivity index (χ1n) is 46.0. The Morgan fingerprint density at radius 3 is 1.07 bits per heavy atom. The third-order valence-corrected chi connectivity index (χ3v) is 25.3. The second-order valence-electron chi connectivity index (χ2n) is 31.6. The number of aliphatic imine (C=N–C) groups is 9. The van der Waals surface area contributed by atoms with Crippen molar-refractivity contribution in [2.75, 3.05) is 132 Å². The quantitative estimate of drug-likeness (QED) is 0.0280. The minimum atomic E-state index is -4.68. The second-order valence-corrected chi connectivity index (χ2v) is 34.8. The van der Waals surface area contributed by atoms with E-state index in [0.717, 1.165) is 244 Å². The van der Waals surface area contributed by atoms with Crippen LogP contribution in [-0.2, 0) is 71.7 Å². The van der Waals surface area contributed by atoms with E-state index in [2.05, 4.69) is 189 Å². The summed E-state index contributed by atoms with van der Waals surface area (Å²) in [4.78, 5) is 37.8. The van der Waals surface area contributed by atoms with Crippen LogP contribution >= 0.6 is 78.3 Å². The van der Waals surface area contributed by atoms with Crippen LogP contribution in [0, 0.1) is 32.4 Å². The van der Waals surface area contributed by atoms with E-state index >= 15 is 0 Å². The molecule has 768 valence electrons. The second kappa shape index (κ2) is 60.1. The Balaban J connectivity index is 0.000000165. The van der Waals surface area contributed by atoms with Crippen LogP contribution in [0.4, 0.5) is 35.1 Å². The van der Waals surface area contributed by atoms with E-state index in [4.69, 9.17) is 61.0 Å². The molecule has 0 bridgehead atoms. The lowest BCUT2D eigenvalue weighted by atomic mass is 10.0. The summed E-state index contributed by atoms with van der Waals surface area (Å²) in [5, 5.41) is 68.2. The Bertz CT molecular complexity index is 5580. The summed E-state index contributed by atoms with van der Waals surface area (Å²) in [6, 6.07) is 51.5. The number of ether oxygens (including phenoxy) is 3. The number of aliphatic hydroxyl groups is 1. The van der Waals surface area contributed by atoms with Gasteiger partial charge in [-0.05, 0) is 145 Å². The van der Waals surface area contributed by atoms with Gasteiger partial charge in [0.25, 0.3) is 0 Å². The van der Waals surface area contributed by atoms with E-state index in [1.165, 1.54) is 41.5 Å². The molecule has 0 fully saturated rings. The van der Waals surface area contributed by atoms with Gasteiger partial charge in [-0.3, -0.25) is 44.9 Å². The normalized spacial score (nSPS) is 14.7. The zero-order valence-corrected chi connectivity index (χ0v) is 85.7. The van der Waals surface area contributed by atoms with Crippen LogP contribution in [0.25, 0.3) is 0 Å². The lowest BCUT2D eigenvalue weighted by molar-refractivity contribution is -0.274. The molecule has 0 aromatic heterocycles. The highest BCUT2D eigenvalue weighted by molar-refractivity contribution is 9.11. The molecule has 0 saturated carbocycles. The van der Waals surface area contributed by atoms with Crippen molar-refractivity contribution in [2.24, 2.45) is 44.9 Å². The summed E-state index contributed by atoms with van der Waals surface area (Å²) in [5.41, 5.74) is 10.9. The molecule has 143 heavy (non-hydrogen) atoms. The van der Waals surface area contributed by atoms with Gasteiger partial charge in [0.15, 0.2) is 65.1 Å². The van der Waals surface area contributed by atoms with E-state index < -0.39 is 23.9 Å². The fourth-order valence-electron chi connectivity index (χ4n) is 14.0. The zero-order valence-electron chi connectivity index (χ0n) is 79.5. The minimum Gasteiger partial charge on any atom is -0.493 e. The van der Waals surface area contributed by atoms with Crippen LogP contribution in [0.1, 0.15) is 77.9 Å². The summed E-state index contributed by atoms with van der Waals surface area (Å²) >= 11 is 31.2. The maximum atomic E-state index is 13.6. The number of benzene rings is 9. The number of hydrogen-bond acceptors (Lipinski definition) is 31. The first kappa shape index (κ1) is 112. The number of aryl methyl sites for hydroxylation is 1. The van der Waals surface area contributed by atoms with E-state index in [1.807, 2.05) is 124 Å². The van der Waals surface area contributed by atoms with Crippen molar-refractivity contribution >= 4 is 132 Å². The third-order valence-electron chi connectivity index (χ3n) is 21.6. The van der Waals surface area contributed by atoms with Gasteiger partial charge in [0.1, 0.15) is 17.4 Å². The molecule has 18 rings (SSSR count). The maximum Gasteiger partial charge on any atom is 0.573 e. The fraction of sp³-hybridized carbons (Fsp3) is 0.357. The minimum absolute atomic E-state index is 0.0401. The lowest BCUT2D eigenvalue weighted by Crippen LogP contribution is -2.33. The number of para-hydroxylation sites is 2. The van der Waals surface area contributed by atoms with Crippen LogP contribution in [0.15, 0.2) is 230 Å². The summed E-state index contributed by atoms with van der Waals surface area (Å²) < 4.78 is 117. The number of nitrogens with one attached hydrogen (secondary N) is 18. The van der Waals surface area contributed by atoms with E-state index in [0.29, 0.717) is 75.4 Å². The summed E-state index contributed by atoms with van der Waals surface area (Å²) in [7, 11) is 3.28. The molecule has 9 aliphatic heterocycles. The molecule has 9 aromatic rings. The van der Waals surface area contributed by atoms with Crippen LogP contribution in [0.3, 0.4) is 0 Å². The number of hydrogen-bond donors (Lipinski definition) is 19. The van der Waals surface area contributed by atoms with Gasteiger partial charge in [0, 0.05) is 159 Å². The predicted octanol–water partition coefficient (Wildman–Crippen LogP) is 13.4. The van der Waals surface area contributed by atoms with Gasteiger partial charge < -0.3 is 115 Å². The fourth-order valence-corrected chi connectivity index (χ4v) is 15.5. The monoisotopic (exact) mass is 2190 g/mol. The summed E-state index contributed by atoms with van der Waals surface area (Å²) in [5.74, 6) is 6.90. The highest BCUT2D eigenvalue weighted by Gasteiger charge is 2.35. The molecule has 0 spiro atoms. The molecule has 9 aliphatic rings. The molecule has 19 N–H and O–H groups in total. The Kier molecular flexibility index (Phi) is 47.2. The van der Waals surface area contributed by atoms with Crippen molar-refractivity contribution in [3.8, 4) is 17.2 Å². The van der Waals surface area contributed by atoms with Gasteiger partial charge in [-0.1, -0.05) is 180 Å². The van der Waals surface area contributed by atoms with Gasteiger partial charge in [-0.15, -0.1) is 13.2 Å². The first-order valence-corrected chi connectivity index (χ1v) is 49.1. The molecule has 0 unspecified atom stereocenters. The largest absolute Gasteiger partial charge is 0.573 e. The number of halogens is 14. The number of methoxy groups -OCH3 is 2. The van der Waals surface area contributed by atoms with Crippen molar-refractivity contribution in [1.29, 1.82) is 0 Å². The Morgan fingerprint density at radius 1 is 0.329 bits per heavy atom. The van der Waals surface area contributed by atoms with E-state index in [-0.39, 0.29) is 36.8 Å². The van der Waals surface area contributed by atoms with Crippen LogP contribution in [-0.4, -0.2) is 197 Å². The van der Waals surface area contributed by atoms with Gasteiger partial charge in [-0.25, -0.2) is 8.78 Å². The Morgan fingerprint density at radius 2 is 0.643 bits per heavy atom. The molecule has 31 nitrogen and oxygen atoms in total. The van der Waals surface area contributed by atoms with Crippen molar-refractivity contribution in [3.05, 3.63) is 294 Å². The van der Waals surface area contributed by atoms with Crippen molar-refractivity contribution in [1.82, 2.24) is 95.7 Å². The molecule has 0 radical (unpaired) electrons. The smallest absolute Gasteiger partial charge is 0.493 e. The van der Waals surface area contributed by atoms with Crippen molar-refractivity contribution < 1.29 is 54.4 Å². The van der Waals surface area contributed by atoms with Gasteiger partial charge in [0.05, 0.1) is 95.3 Å². The lowest BCUT2D eigenvalue weighted by Gasteiger charge is -2.14. The molecule has 0 amide bonds. The standard InChI is InChI=1S/C12H17N3O2.C12H17N3O.2C11H14ClN3.C11H11F4N3.C11H12F3N3O.2C10H11BrClN3.C10H12FN3/c1-16-10-5-3-4-9(11(10)17-2)8-15-12-13-6-7-14-12;1-9-10(3-2-4-11(9)8-16)7-15-12-13-5-6-14-12;1-8-9(3-2-4-10(8)12)7-15-11-13-5-6-14-11;1-8-3-2-4-9(10(8)12)7-15-11-13-5-6-14-11;12-9-7(6-18-10-16-4-5-17-10)2-1-3-8(9)11(13,14)15;12-11(13,14)18-9-4-2-1-3-8(9)7-17-10-15-5-6-16-10;11-9-7(2-1-3-8(9)12)6-15-10-13-4-5-14-10;11-8-3-1-2-7(9(8)12)6-15-10-13-4-5-14-10;11-9-4-2-1-3-8(9)7-14-10-12-5-6-13-10/h3-5H,6-8H2,1-2H3,(H2,13,14,15);2-4,16H,5-8H2,1H3,(H2,13,14,15);2*2-4H,5-7H2,1H3,(H2,13,14,15);1-3H,4-6H2,(H2,16,17,18);1-4H,5-7H2,(H2,15,16,17);2*1-3H,4-6H2,(H2,13,14,15);1-4H,5-7H2,(H2,12,13,14). The third kappa shape index (κ3) is 38.8. The zero-order chi connectivity index (χ0) is 102. The highest BCUT2D eigenvalue weighted by atomic mass is 79.9. The van der Waals surface area contributed by atoms with E-state index in [1.54, 1.807) is 38.5 Å². The number of rotatable bonds is 22. The number of aliphatic hydroxyl groups excluding tert-OH is 1. The number of guanidine groups is 9. The molecule has 9 heterocycles. The maximum absolute atomic E-state index is 13.6. The molecule has 45 heteroatoms. The van der Waals surface area contributed by atoms with Crippen LogP contribution in [0.2, 0.25) is 20.1 Å². The average Bonchev–Trinajstić information content (AvgIpc) is 1.50. The van der Waals surface area contributed by atoms with Crippen LogP contribution < -0.4 is 110 Å². The van der Waals surface area contributed by atoms with Crippen LogP contribution in [0.5, 0.6) is 17.2 Å². The van der Waals surface area contributed by atoms with Crippen molar-refractivity contribution in [2.45, 2.75) is 98.8 Å². The van der Waals surface area contributed by atoms with Crippen molar-refractivity contribution in [3.63, 3.8) is 0 Å². The summed E-state index contributed by atoms with van der Waals surface area (Å²) in [6.45, 7) is 26.0. The molecular formula is C98H119Br2Cl4F8N27O4. The SMILES string of the molecule is COc1cccc(CNC2=NCCN2)c1OC.Cc1c(CO)cccc1CNC1=NCCN1.Cc1c(Cl)cccc1CNC1=NCCN1.Cc1cccc(CNC2=NCCN2)c1Cl.Clc1c(Br)cccc1CNC1=NCCN1.Clc1cccc(CNC2=NCCN2)c1Br.FC(F)(F)Oc1ccccc1CNC1=NCCN1.Fc1c(CNC2=NCCN2)cccc1C(F)(F)F.Fc1ccccc1CNC1=NCCN1. The molecule has 0 atom stereocenters. The molecule has 0 saturated heterocycles. The molecular weight excluding hydrogens is 2070 g/mol. The average molecular weight is 2190 g/mol. The number of nitrogens with zero attached hydrogens (tertiary/aromatic N) is 9. The Hall–Kier alpha value is -12.7. The van der Waals surface area contributed by atoms with Gasteiger partial charge in [0.2, 0.25) is 0 Å². The summed E-state index contributed by atoms with van der Waals surface area (Å²) in [6.07, 6.45) is -9.36. The van der Waals surface area contributed by atoms with E-state index in [9.17, 15) is 35.1 Å². The number of alkyl halides is 6. The van der Waals surface area contributed by atoms with Gasteiger partial charge in [-0.2, -0.15) is 13.2 Å². The first-order chi connectivity index (χ1) is 69.1. The molecule has 9 aromatic carbocycles.